The monoisotopic (exact) mass is 325 g/mol. The Labute approximate surface area is 136 Å². The van der Waals surface area contributed by atoms with Crippen LogP contribution in [0.5, 0.6) is 0 Å². The molecule has 1 aliphatic rings. The molecular weight excluding hydrogens is 302 g/mol. The molecule has 0 aliphatic carbocycles. The van der Waals surface area contributed by atoms with E-state index in [1.165, 1.54) is 0 Å². The van der Waals surface area contributed by atoms with E-state index in [4.69, 9.17) is 11.6 Å². The second kappa shape index (κ2) is 7.81. The third kappa shape index (κ3) is 4.12. The smallest absolute Gasteiger partial charge is 0.321 e. The Kier molecular flexibility index (Phi) is 6.06. The summed E-state index contributed by atoms with van der Waals surface area (Å²) < 4.78 is 0. The number of carbonyl (C=O) groups excluding carboxylic acids is 1. The van der Waals surface area contributed by atoms with Gasteiger partial charge in [-0.3, -0.25) is 4.90 Å². The van der Waals surface area contributed by atoms with Crippen LogP contribution < -0.4 is 5.32 Å². The van der Waals surface area contributed by atoms with Crippen molar-refractivity contribution in [2.24, 2.45) is 0 Å². The summed E-state index contributed by atoms with van der Waals surface area (Å²) >= 11 is 6.07. The summed E-state index contributed by atoms with van der Waals surface area (Å²) in [6.07, 6.45) is 0.921. The highest BCUT2D eigenvalue weighted by Gasteiger charge is 2.24. The van der Waals surface area contributed by atoms with Crippen molar-refractivity contribution in [2.45, 2.75) is 26.3 Å². The molecule has 1 aromatic carbocycles. The Balaban J connectivity index is 1.88. The van der Waals surface area contributed by atoms with E-state index in [0.717, 1.165) is 25.1 Å². The van der Waals surface area contributed by atoms with E-state index in [1.54, 1.807) is 11.0 Å². The molecule has 0 bridgehead atoms. The molecule has 1 fully saturated rings. The molecule has 1 aromatic rings. The van der Waals surface area contributed by atoms with Gasteiger partial charge in [-0.05, 0) is 31.0 Å². The van der Waals surface area contributed by atoms with Gasteiger partial charge >= 0.3 is 6.03 Å². The van der Waals surface area contributed by atoms with E-state index in [-0.39, 0.29) is 18.7 Å². The lowest BCUT2D eigenvalue weighted by Crippen LogP contribution is -2.53. The number of rotatable bonds is 4. The maximum atomic E-state index is 12.3. The second-order valence-corrected chi connectivity index (χ2v) is 6.07. The fraction of sp³-hybridized carbons (Fsp3) is 0.562. The first-order chi connectivity index (χ1) is 10.5. The summed E-state index contributed by atoms with van der Waals surface area (Å²) in [4.78, 5) is 16.3. The van der Waals surface area contributed by atoms with Gasteiger partial charge < -0.3 is 15.3 Å². The average molecular weight is 326 g/mol. The molecule has 0 spiro atoms. The lowest BCUT2D eigenvalue weighted by atomic mass is 10.1. The van der Waals surface area contributed by atoms with E-state index in [1.807, 2.05) is 19.1 Å². The van der Waals surface area contributed by atoms with Crippen molar-refractivity contribution in [3.63, 3.8) is 0 Å². The van der Waals surface area contributed by atoms with E-state index in [2.05, 4.69) is 17.1 Å². The number of aryl methyl sites for hydroxylation is 1. The molecule has 6 heteroatoms. The molecule has 122 valence electrons. The van der Waals surface area contributed by atoms with E-state index in [9.17, 15) is 9.90 Å². The van der Waals surface area contributed by atoms with Gasteiger partial charge in [0.05, 0.1) is 6.61 Å². The van der Waals surface area contributed by atoms with Crippen LogP contribution in [0.2, 0.25) is 5.02 Å². The van der Waals surface area contributed by atoms with Crippen molar-refractivity contribution in [3.05, 3.63) is 28.8 Å². The average Bonchev–Trinajstić information content (AvgIpc) is 2.53. The summed E-state index contributed by atoms with van der Waals surface area (Å²) in [5, 5.41) is 12.9. The summed E-state index contributed by atoms with van der Waals surface area (Å²) in [5.41, 5.74) is 1.70. The van der Waals surface area contributed by atoms with Gasteiger partial charge in [-0.15, -0.1) is 0 Å². The second-order valence-electron chi connectivity index (χ2n) is 5.66. The van der Waals surface area contributed by atoms with Gasteiger partial charge in [0.1, 0.15) is 0 Å². The Hall–Kier alpha value is -1.30. The van der Waals surface area contributed by atoms with Gasteiger partial charge in [-0.25, -0.2) is 4.79 Å². The highest BCUT2D eigenvalue weighted by molar-refractivity contribution is 6.31. The lowest BCUT2D eigenvalue weighted by molar-refractivity contribution is 0.0766. The number of halogens is 1. The Morgan fingerprint density at radius 3 is 2.59 bits per heavy atom. The molecule has 0 saturated carbocycles. The van der Waals surface area contributed by atoms with E-state index >= 15 is 0 Å². The Morgan fingerprint density at radius 2 is 2.05 bits per heavy atom. The van der Waals surface area contributed by atoms with Gasteiger partial charge in [0.15, 0.2) is 0 Å². The zero-order chi connectivity index (χ0) is 16.1. The topological polar surface area (TPSA) is 55.8 Å². The number of nitrogens with one attached hydrogen (secondary N) is 1. The Morgan fingerprint density at radius 1 is 1.36 bits per heavy atom. The van der Waals surface area contributed by atoms with Crippen LogP contribution in [-0.4, -0.2) is 59.8 Å². The van der Waals surface area contributed by atoms with Crippen LogP contribution in [0.25, 0.3) is 0 Å². The van der Waals surface area contributed by atoms with Crippen molar-refractivity contribution < 1.29 is 9.90 Å². The highest BCUT2D eigenvalue weighted by atomic mass is 35.5. The van der Waals surface area contributed by atoms with Gasteiger partial charge in [0, 0.05) is 42.9 Å². The standard InChI is InChI=1S/C16H24ClN3O2/c1-3-14(11-21)19-6-8-20(9-7-19)16(22)18-13-5-4-12(2)15(17)10-13/h4-5,10,14,21H,3,6-9,11H2,1-2H3,(H,18,22)/t14-/m0/s1. The predicted molar refractivity (Wildman–Crippen MR) is 89.5 cm³/mol. The molecule has 2 amide bonds. The highest BCUT2D eigenvalue weighted by Crippen LogP contribution is 2.20. The third-order valence-corrected chi connectivity index (χ3v) is 4.63. The maximum absolute atomic E-state index is 12.3. The summed E-state index contributed by atoms with van der Waals surface area (Å²) in [5.74, 6) is 0. The van der Waals surface area contributed by atoms with Crippen LogP contribution in [-0.2, 0) is 0 Å². The van der Waals surface area contributed by atoms with Crippen molar-refractivity contribution >= 4 is 23.3 Å². The molecule has 1 aliphatic heterocycles. The van der Waals surface area contributed by atoms with Crippen molar-refractivity contribution in [2.75, 3.05) is 38.1 Å². The quantitative estimate of drug-likeness (QED) is 0.894. The van der Waals surface area contributed by atoms with Crippen LogP contribution in [0.3, 0.4) is 0 Å². The number of benzene rings is 1. The first-order valence-corrected chi connectivity index (χ1v) is 8.10. The minimum atomic E-state index is -0.100. The van der Waals surface area contributed by atoms with Crippen LogP contribution in [0.1, 0.15) is 18.9 Å². The molecule has 1 atom stereocenters. The number of anilines is 1. The molecule has 0 radical (unpaired) electrons. The number of carbonyl (C=O) groups is 1. The lowest BCUT2D eigenvalue weighted by Gasteiger charge is -2.38. The van der Waals surface area contributed by atoms with Crippen molar-refractivity contribution in [1.29, 1.82) is 0 Å². The molecule has 2 N–H and O–H groups in total. The predicted octanol–water partition coefficient (Wildman–Crippen LogP) is 2.57. The number of piperazine rings is 1. The normalized spacial score (nSPS) is 17.4. The molecule has 0 unspecified atom stereocenters. The zero-order valence-corrected chi connectivity index (χ0v) is 13.9. The first-order valence-electron chi connectivity index (χ1n) is 7.72. The number of amides is 2. The van der Waals surface area contributed by atoms with Crippen LogP contribution >= 0.6 is 11.6 Å². The van der Waals surface area contributed by atoms with E-state index < -0.39 is 0 Å². The fourth-order valence-electron chi connectivity index (χ4n) is 2.67. The maximum Gasteiger partial charge on any atom is 0.321 e. The van der Waals surface area contributed by atoms with Crippen molar-refractivity contribution in [3.8, 4) is 0 Å². The minimum Gasteiger partial charge on any atom is -0.395 e. The number of aliphatic hydroxyl groups excluding tert-OH is 1. The number of aliphatic hydroxyl groups is 1. The first kappa shape index (κ1) is 17.1. The zero-order valence-electron chi connectivity index (χ0n) is 13.2. The summed E-state index contributed by atoms with van der Waals surface area (Å²) in [6, 6.07) is 5.61. The number of nitrogens with zero attached hydrogens (tertiary/aromatic N) is 2. The molecular formula is C16H24ClN3O2. The fourth-order valence-corrected chi connectivity index (χ4v) is 2.85. The third-order valence-electron chi connectivity index (χ3n) is 4.22. The number of hydrogen-bond donors (Lipinski definition) is 2. The summed E-state index contributed by atoms with van der Waals surface area (Å²) in [7, 11) is 0. The van der Waals surface area contributed by atoms with Gasteiger partial charge in [-0.2, -0.15) is 0 Å². The SMILES string of the molecule is CC[C@@H](CO)N1CCN(C(=O)Nc2ccc(C)c(Cl)c2)CC1. The van der Waals surface area contributed by atoms with Crippen LogP contribution in [0.4, 0.5) is 10.5 Å². The van der Waals surface area contributed by atoms with Gasteiger partial charge in [-0.1, -0.05) is 24.6 Å². The molecule has 1 heterocycles. The Bertz CT molecular complexity index is 512. The summed E-state index contributed by atoms with van der Waals surface area (Å²) in [6.45, 7) is 7.09. The molecule has 2 rings (SSSR count). The number of hydrogen-bond acceptors (Lipinski definition) is 3. The van der Waals surface area contributed by atoms with Gasteiger partial charge in [0.25, 0.3) is 0 Å². The molecule has 1 saturated heterocycles. The van der Waals surface area contributed by atoms with E-state index in [0.29, 0.717) is 23.8 Å². The van der Waals surface area contributed by atoms with Crippen molar-refractivity contribution in [1.82, 2.24) is 9.80 Å². The van der Waals surface area contributed by atoms with Crippen LogP contribution in [0, 0.1) is 6.92 Å². The minimum absolute atomic E-state index is 0.100. The van der Waals surface area contributed by atoms with Crippen LogP contribution in [0.15, 0.2) is 18.2 Å². The number of urea groups is 1. The van der Waals surface area contributed by atoms with Gasteiger partial charge in [0.2, 0.25) is 0 Å². The largest absolute Gasteiger partial charge is 0.395 e. The molecule has 5 nitrogen and oxygen atoms in total. The molecule has 22 heavy (non-hydrogen) atoms. The molecule has 0 aromatic heterocycles.